The summed E-state index contributed by atoms with van der Waals surface area (Å²) in [4.78, 5) is 17.6. The summed E-state index contributed by atoms with van der Waals surface area (Å²) in [6, 6.07) is 15.0. The number of benzene rings is 2. The Morgan fingerprint density at radius 1 is 1.03 bits per heavy atom. The van der Waals surface area contributed by atoms with Gasteiger partial charge in [0.25, 0.3) is 5.91 Å². The Bertz CT molecular complexity index is 944. The molecule has 5 heteroatoms. The topological polar surface area (TPSA) is 44.8 Å². The number of rotatable bonds is 7. The molecule has 0 aliphatic carbocycles. The zero-order chi connectivity index (χ0) is 22.6. The van der Waals surface area contributed by atoms with E-state index in [-0.39, 0.29) is 11.9 Å². The van der Waals surface area contributed by atoms with Crippen molar-refractivity contribution in [2.45, 2.75) is 64.8 Å². The molecular formula is C28H37N3O2. The molecule has 3 aliphatic rings. The first-order valence-electron chi connectivity index (χ1n) is 12.8. The van der Waals surface area contributed by atoms with Crippen molar-refractivity contribution in [3.05, 3.63) is 64.7 Å². The van der Waals surface area contributed by atoms with Crippen molar-refractivity contribution < 1.29 is 9.53 Å². The molecule has 1 N–H and O–H groups in total. The first kappa shape index (κ1) is 22.4. The van der Waals surface area contributed by atoms with E-state index in [1.54, 1.807) is 0 Å². The van der Waals surface area contributed by atoms with Crippen LogP contribution in [0.3, 0.4) is 0 Å². The lowest BCUT2D eigenvalue weighted by atomic mass is 9.94. The van der Waals surface area contributed by atoms with Gasteiger partial charge in [0.2, 0.25) is 0 Å². The fourth-order valence-electron chi connectivity index (χ4n) is 5.57. The molecule has 2 fully saturated rings. The highest BCUT2D eigenvalue weighted by Gasteiger charge is 2.35. The van der Waals surface area contributed by atoms with E-state index in [1.807, 2.05) is 23.1 Å². The van der Waals surface area contributed by atoms with E-state index in [0.717, 1.165) is 55.3 Å². The first-order chi connectivity index (χ1) is 16.2. The molecule has 33 heavy (non-hydrogen) atoms. The Kier molecular flexibility index (Phi) is 6.98. The lowest BCUT2D eigenvalue weighted by molar-refractivity contribution is 0.0674. The van der Waals surface area contributed by atoms with Crippen molar-refractivity contribution in [3.8, 4) is 5.75 Å². The average molecular weight is 448 g/mol. The standard InChI is InChI=1S/C28H37N3O2/c1-2-21-12-15-30(16-13-21)18-22-8-10-23(11-9-22)20-33-27-7-3-6-25-26(27)19-31(28(25)32)24-5-4-14-29-17-24/h3,6-11,21,24,29H,2,4-5,12-20H2,1H3. The molecule has 0 bridgehead atoms. The van der Waals surface area contributed by atoms with Gasteiger partial charge in [0.15, 0.2) is 0 Å². The number of nitrogens with one attached hydrogen (secondary N) is 1. The molecule has 3 heterocycles. The van der Waals surface area contributed by atoms with Crippen molar-refractivity contribution in [2.24, 2.45) is 5.92 Å². The highest BCUT2D eigenvalue weighted by atomic mass is 16.5. The van der Waals surface area contributed by atoms with Crippen molar-refractivity contribution in [3.63, 3.8) is 0 Å². The summed E-state index contributed by atoms with van der Waals surface area (Å²) in [5.74, 6) is 1.91. The van der Waals surface area contributed by atoms with Crippen molar-refractivity contribution >= 4 is 5.91 Å². The third kappa shape index (κ3) is 5.10. The second kappa shape index (κ2) is 10.3. The minimum atomic E-state index is 0.150. The van der Waals surface area contributed by atoms with Crippen LogP contribution in [-0.2, 0) is 19.7 Å². The molecule has 1 unspecified atom stereocenters. The quantitative estimate of drug-likeness (QED) is 0.674. The number of ether oxygens (including phenoxy) is 1. The third-order valence-electron chi connectivity index (χ3n) is 7.77. The maximum Gasteiger partial charge on any atom is 0.254 e. The summed E-state index contributed by atoms with van der Waals surface area (Å²) in [7, 11) is 0. The van der Waals surface area contributed by atoms with E-state index in [2.05, 4.69) is 41.4 Å². The summed E-state index contributed by atoms with van der Waals surface area (Å²) in [6.45, 7) is 8.91. The Morgan fingerprint density at radius 2 is 1.82 bits per heavy atom. The average Bonchev–Trinajstić information content (AvgIpc) is 3.22. The Balaban J connectivity index is 1.18. The summed E-state index contributed by atoms with van der Waals surface area (Å²) in [5, 5.41) is 3.43. The molecule has 5 nitrogen and oxygen atoms in total. The summed E-state index contributed by atoms with van der Waals surface area (Å²) in [6.07, 6.45) is 6.19. The lowest BCUT2D eigenvalue weighted by Gasteiger charge is -2.31. The highest BCUT2D eigenvalue weighted by Crippen LogP contribution is 2.33. The van der Waals surface area contributed by atoms with Crippen LogP contribution in [0.25, 0.3) is 0 Å². The second-order valence-electron chi connectivity index (χ2n) is 9.95. The van der Waals surface area contributed by atoms with Crippen LogP contribution in [0, 0.1) is 5.92 Å². The van der Waals surface area contributed by atoms with Crippen molar-refractivity contribution in [1.29, 1.82) is 0 Å². The molecule has 2 saturated heterocycles. The molecule has 1 amide bonds. The van der Waals surface area contributed by atoms with Crippen LogP contribution >= 0.6 is 0 Å². The molecule has 0 radical (unpaired) electrons. The maximum atomic E-state index is 13.0. The number of fused-ring (bicyclic) bond motifs is 1. The van der Waals surface area contributed by atoms with E-state index in [0.29, 0.717) is 13.2 Å². The van der Waals surface area contributed by atoms with Gasteiger partial charge >= 0.3 is 0 Å². The number of nitrogens with zero attached hydrogens (tertiary/aromatic N) is 2. The summed E-state index contributed by atoms with van der Waals surface area (Å²) in [5.41, 5.74) is 4.38. The zero-order valence-electron chi connectivity index (χ0n) is 19.9. The summed E-state index contributed by atoms with van der Waals surface area (Å²) < 4.78 is 6.23. The van der Waals surface area contributed by atoms with E-state index in [9.17, 15) is 4.79 Å². The number of amides is 1. The fourth-order valence-corrected chi connectivity index (χ4v) is 5.57. The highest BCUT2D eigenvalue weighted by molar-refractivity contribution is 5.99. The van der Waals surface area contributed by atoms with Gasteiger partial charge < -0.3 is 15.0 Å². The molecule has 5 rings (SSSR count). The largest absolute Gasteiger partial charge is 0.489 e. The SMILES string of the molecule is CCC1CCN(Cc2ccc(COc3cccc4c3CN(C3CCCNC3)C4=O)cc2)CC1. The smallest absolute Gasteiger partial charge is 0.254 e. The Morgan fingerprint density at radius 3 is 2.55 bits per heavy atom. The van der Waals surface area contributed by atoms with Crippen LogP contribution in [0.5, 0.6) is 5.75 Å². The molecular weight excluding hydrogens is 410 g/mol. The van der Waals surface area contributed by atoms with Crippen molar-refractivity contribution in [1.82, 2.24) is 15.1 Å². The van der Waals surface area contributed by atoms with Gasteiger partial charge in [-0.05, 0) is 74.5 Å². The van der Waals surface area contributed by atoms with Crippen LogP contribution in [0.4, 0.5) is 0 Å². The van der Waals surface area contributed by atoms with Gasteiger partial charge in [-0.3, -0.25) is 9.69 Å². The number of likely N-dealkylation sites (tertiary alicyclic amines) is 1. The van der Waals surface area contributed by atoms with E-state index >= 15 is 0 Å². The van der Waals surface area contributed by atoms with Crippen LogP contribution in [0.2, 0.25) is 0 Å². The molecule has 1 atom stereocenters. The minimum absolute atomic E-state index is 0.150. The molecule has 2 aromatic carbocycles. The lowest BCUT2D eigenvalue weighted by Crippen LogP contribution is -2.46. The number of carbonyl (C=O) groups is 1. The van der Waals surface area contributed by atoms with Gasteiger partial charge in [-0.1, -0.05) is 43.7 Å². The molecule has 0 saturated carbocycles. The first-order valence-corrected chi connectivity index (χ1v) is 12.8. The Labute approximate surface area is 198 Å². The van der Waals surface area contributed by atoms with Gasteiger partial charge in [-0.25, -0.2) is 0 Å². The number of piperidine rings is 2. The molecule has 0 spiro atoms. The Hall–Kier alpha value is -2.37. The van der Waals surface area contributed by atoms with Crippen LogP contribution < -0.4 is 10.1 Å². The second-order valence-corrected chi connectivity index (χ2v) is 9.95. The number of carbonyl (C=O) groups excluding carboxylic acids is 1. The number of hydrogen-bond acceptors (Lipinski definition) is 4. The van der Waals surface area contributed by atoms with Crippen LogP contribution in [-0.4, -0.2) is 47.9 Å². The van der Waals surface area contributed by atoms with Gasteiger partial charge in [-0.15, -0.1) is 0 Å². The van der Waals surface area contributed by atoms with Gasteiger partial charge in [0.05, 0.1) is 6.54 Å². The van der Waals surface area contributed by atoms with E-state index in [4.69, 9.17) is 4.74 Å². The summed E-state index contributed by atoms with van der Waals surface area (Å²) >= 11 is 0. The van der Waals surface area contributed by atoms with Gasteiger partial charge in [0, 0.05) is 30.3 Å². The molecule has 176 valence electrons. The van der Waals surface area contributed by atoms with Crippen molar-refractivity contribution in [2.75, 3.05) is 26.2 Å². The third-order valence-corrected chi connectivity index (χ3v) is 7.77. The minimum Gasteiger partial charge on any atom is -0.489 e. The predicted molar refractivity (Wildman–Crippen MR) is 131 cm³/mol. The molecule has 3 aliphatic heterocycles. The van der Waals surface area contributed by atoms with Gasteiger partial charge in [0.1, 0.15) is 12.4 Å². The van der Waals surface area contributed by atoms with E-state index < -0.39 is 0 Å². The predicted octanol–water partition coefficient (Wildman–Crippen LogP) is 4.60. The van der Waals surface area contributed by atoms with E-state index in [1.165, 1.54) is 43.5 Å². The normalized spacial score (nSPS) is 21.9. The maximum absolute atomic E-state index is 13.0. The zero-order valence-corrected chi connectivity index (χ0v) is 19.9. The number of hydrogen-bond donors (Lipinski definition) is 1. The van der Waals surface area contributed by atoms with Crippen LogP contribution in [0.1, 0.15) is 66.1 Å². The molecule has 0 aromatic heterocycles. The monoisotopic (exact) mass is 447 g/mol. The fraction of sp³-hybridized carbons (Fsp3) is 0.536. The van der Waals surface area contributed by atoms with Gasteiger partial charge in [-0.2, -0.15) is 0 Å². The van der Waals surface area contributed by atoms with Crippen LogP contribution in [0.15, 0.2) is 42.5 Å². The molecule has 2 aromatic rings.